The minimum absolute atomic E-state index is 0.771. The van der Waals surface area contributed by atoms with Crippen LogP contribution in [0.3, 0.4) is 0 Å². The maximum Gasteiger partial charge on any atom is 0.141 e. The summed E-state index contributed by atoms with van der Waals surface area (Å²) < 4.78 is 5.30. The molecule has 3 nitrogen and oxygen atoms in total. The van der Waals surface area contributed by atoms with Gasteiger partial charge in [0.15, 0.2) is 0 Å². The standard InChI is InChI=1S/C13H16N2O/c1-10-5-6-13(16-2)12(8-10)15-9-11-4-3-7-14-11/h3-8,14-15H,9H2,1-2H3. The Morgan fingerprint density at radius 2 is 2.19 bits per heavy atom. The second kappa shape index (κ2) is 4.75. The molecule has 0 aliphatic heterocycles. The van der Waals surface area contributed by atoms with E-state index in [9.17, 15) is 0 Å². The molecule has 0 fully saturated rings. The van der Waals surface area contributed by atoms with E-state index in [1.54, 1.807) is 7.11 Å². The van der Waals surface area contributed by atoms with Crippen molar-refractivity contribution >= 4 is 5.69 Å². The van der Waals surface area contributed by atoms with E-state index in [-0.39, 0.29) is 0 Å². The number of anilines is 1. The summed E-state index contributed by atoms with van der Waals surface area (Å²) >= 11 is 0. The van der Waals surface area contributed by atoms with Crippen LogP contribution in [0.4, 0.5) is 5.69 Å². The Kier molecular flexibility index (Phi) is 3.15. The molecule has 1 aromatic heterocycles. The summed E-state index contributed by atoms with van der Waals surface area (Å²) in [5.74, 6) is 0.872. The minimum Gasteiger partial charge on any atom is -0.495 e. The van der Waals surface area contributed by atoms with Crippen molar-refractivity contribution in [3.05, 3.63) is 47.8 Å². The van der Waals surface area contributed by atoms with Crippen molar-refractivity contribution in [3.8, 4) is 5.75 Å². The molecule has 0 unspecified atom stereocenters. The topological polar surface area (TPSA) is 37.0 Å². The maximum atomic E-state index is 5.30. The first-order valence-electron chi connectivity index (χ1n) is 5.30. The molecule has 0 saturated carbocycles. The van der Waals surface area contributed by atoms with E-state index >= 15 is 0 Å². The molecule has 0 amide bonds. The first-order valence-corrected chi connectivity index (χ1v) is 5.30. The molecule has 0 aliphatic carbocycles. The average molecular weight is 216 g/mol. The number of methoxy groups -OCH3 is 1. The normalized spacial score (nSPS) is 10.1. The largest absolute Gasteiger partial charge is 0.495 e. The van der Waals surface area contributed by atoms with Crippen LogP contribution in [-0.2, 0) is 6.54 Å². The molecule has 2 rings (SSSR count). The number of aromatic nitrogens is 1. The fourth-order valence-electron chi connectivity index (χ4n) is 1.63. The van der Waals surface area contributed by atoms with Gasteiger partial charge in [0.05, 0.1) is 19.3 Å². The zero-order chi connectivity index (χ0) is 11.4. The Labute approximate surface area is 95.5 Å². The van der Waals surface area contributed by atoms with E-state index in [1.807, 2.05) is 24.4 Å². The molecule has 0 radical (unpaired) electrons. The second-order valence-corrected chi connectivity index (χ2v) is 3.75. The third-order valence-corrected chi connectivity index (χ3v) is 2.49. The van der Waals surface area contributed by atoms with Crippen molar-refractivity contribution in [1.82, 2.24) is 4.98 Å². The van der Waals surface area contributed by atoms with E-state index in [2.05, 4.69) is 29.4 Å². The van der Waals surface area contributed by atoms with Crippen LogP contribution in [0.5, 0.6) is 5.75 Å². The zero-order valence-corrected chi connectivity index (χ0v) is 9.58. The third kappa shape index (κ3) is 2.37. The molecular formula is C13H16N2O. The van der Waals surface area contributed by atoms with Crippen LogP contribution >= 0.6 is 0 Å². The van der Waals surface area contributed by atoms with Gasteiger partial charge >= 0.3 is 0 Å². The fraction of sp³-hybridized carbons (Fsp3) is 0.231. The van der Waals surface area contributed by atoms with Crippen molar-refractivity contribution in [2.24, 2.45) is 0 Å². The number of rotatable bonds is 4. The molecule has 0 atom stereocenters. The molecule has 1 aromatic carbocycles. The SMILES string of the molecule is COc1ccc(C)cc1NCc1ccc[nH]1. The molecule has 0 spiro atoms. The summed E-state index contributed by atoms with van der Waals surface area (Å²) in [5, 5.41) is 3.35. The lowest BCUT2D eigenvalue weighted by Crippen LogP contribution is -2.01. The van der Waals surface area contributed by atoms with Crippen molar-refractivity contribution in [1.29, 1.82) is 0 Å². The van der Waals surface area contributed by atoms with Crippen LogP contribution in [-0.4, -0.2) is 12.1 Å². The van der Waals surface area contributed by atoms with E-state index in [4.69, 9.17) is 4.74 Å². The molecule has 3 heteroatoms. The quantitative estimate of drug-likeness (QED) is 0.824. The first kappa shape index (κ1) is 10.6. The van der Waals surface area contributed by atoms with Gasteiger partial charge in [-0.15, -0.1) is 0 Å². The number of benzene rings is 1. The summed E-state index contributed by atoms with van der Waals surface area (Å²) in [6.45, 7) is 2.84. The van der Waals surface area contributed by atoms with Gasteiger partial charge in [-0.25, -0.2) is 0 Å². The highest BCUT2D eigenvalue weighted by Crippen LogP contribution is 2.25. The van der Waals surface area contributed by atoms with Crippen LogP contribution in [0.25, 0.3) is 0 Å². The molecule has 16 heavy (non-hydrogen) atoms. The minimum atomic E-state index is 0.771. The first-order chi connectivity index (χ1) is 7.79. The highest BCUT2D eigenvalue weighted by Gasteiger charge is 2.02. The van der Waals surface area contributed by atoms with E-state index < -0.39 is 0 Å². The highest BCUT2D eigenvalue weighted by molar-refractivity contribution is 5.58. The van der Waals surface area contributed by atoms with Gasteiger partial charge in [-0.2, -0.15) is 0 Å². The van der Waals surface area contributed by atoms with Gasteiger partial charge in [-0.3, -0.25) is 0 Å². The molecule has 2 N–H and O–H groups in total. The van der Waals surface area contributed by atoms with Crippen LogP contribution in [0.15, 0.2) is 36.5 Å². The Morgan fingerprint density at radius 3 is 2.88 bits per heavy atom. The summed E-state index contributed by atoms with van der Waals surface area (Å²) in [4.78, 5) is 3.16. The molecule has 0 aliphatic rings. The Bertz CT molecular complexity index is 449. The van der Waals surface area contributed by atoms with Gasteiger partial charge in [0.2, 0.25) is 0 Å². The summed E-state index contributed by atoms with van der Waals surface area (Å²) in [6, 6.07) is 10.1. The van der Waals surface area contributed by atoms with Crippen molar-refractivity contribution < 1.29 is 4.74 Å². The monoisotopic (exact) mass is 216 g/mol. The van der Waals surface area contributed by atoms with E-state index in [0.29, 0.717) is 0 Å². The summed E-state index contributed by atoms with van der Waals surface area (Å²) in [7, 11) is 1.69. The lowest BCUT2D eigenvalue weighted by atomic mass is 10.2. The van der Waals surface area contributed by atoms with E-state index in [1.165, 1.54) is 5.56 Å². The summed E-state index contributed by atoms with van der Waals surface area (Å²) in [6.07, 6.45) is 1.92. The lowest BCUT2D eigenvalue weighted by Gasteiger charge is -2.11. The fourth-order valence-corrected chi connectivity index (χ4v) is 1.63. The zero-order valence-electron chi connectivity index (χ0n) is 9.58. The Morgan fingerprint density at radius 1 is 1.31 bits per heavy atom. The smallest absolute Gasteiger partial charge is 0.141 e. The van der Waals surface area contributed by atoms with Gasteiger partial charge in [-0.05, 0) is 36.8 Å². The predicted molar refractivity (Wildman–Crippen MR) is 65.9 cm³/mol. The number of aromatic amines is 1. The number of H-pyrrole nitrogens is 1. The Hall–Kier alpha value is -1.90. The Balaban J connectivity index is 2.11. The third-order valence-electron chi connectivity index (χ3n) is 2.49. The summed E-state index contributed by atoms with van der Waals surface area (Å²) in [5.41, 5.74) is 3.40. The van der Waals surface area contributed by atoms with Crippen molar-refractivity contribution in [2.75, 3.05) is 12.4 Å². The predicted octanol–water partition coefficient (Wildman–Crippen LogP) is 2.94. The van der Waals surface area contributed by atoms with Crippen molar-refractivity contribution in [3.63, 3.8) is 0 Å². The second-order valence-electron chi connectivity index (χ2n) is 3.75. The number of nitrogens with one attached hydrogen (secondary N) is 2. The molecular weight excluding hydrogens is 200 g/mol. The van der Waals surface area contributed by atoms with Gasteiger partial charge in [0.1, 0.15) is 5.75 Å². The number of ether oxygens (including phenoxy) is 1. The van der Waals surface area contributed by atoms with Crippen molar-refractivity contribution in [2.45, 2.75) is 13.5 Å². The van der Waals surface area contributed by atoms with Crippen LogP contribution in [0, 0.1) is 6.92 Å². The maximum absolute atomic E-state index is 5.30. The molecule has 2 aromatic rings. The lowest BCUT2D eigenvalue weighted by molar-refractivity contribution is 0.416. The number of hydrogen-bond acceptors (Lipinski definition) is 2. The van der Waals surface area contributed by atoms with Gasteiger partial charge in [0.25, 0.3) is 0 Å². The highest BCUT2D eigenvalue weighted by atomic mass is 16.5. The van der Waals surface area contributed by atoms with Gasteiger partial charge < -0.3 is 15.0 Å². The van der Waals surface area contributed by atoms with Crippen LogP contribution in [0.1, 0.15) is 11.3 Å². The van der Waals surface area contributed by atoms with Gasteiger partial charge in [-0.1, -0.05) is 6.07 Å². The molecule has 1 heterocycles. The number of aryl methyl sites for hydroxylation is 1. The van der Waals surface area contributed by atoms with Gasteiger partial charge in [0, 0.05) is 11.9 Å². The van der Waals surface area contributed by atoms with E-state index in [0.717, 1.165) is 23.7 Å². The van der Waals surface area contributed by atoms with Crippen LogP contribution in [0.2, 0.25) is 0 Å². The average Bonchev–Trinajstić information content (AvgIpc) is 2.79. The molecule has 0 bridgehead atoms. The molecule has 0 saturated heterocycles. The molecule has 84 valence electrons. The number of hydrogen-bond donors (Lipinski definition) is 2. The van der Waals surface area contributed by atoms with Crippen LogP contribution < -0.4 is 10.1 Å².